The largest absolute Gasteiger partial charge is 0.481 e. The molecule has 0 saturated carbocycles. The summed E-state index contributed by atoms with van der Waals surface area (Å²) in [5, 5.41) is 8.94. The molecule has 5 nitrogen and oxygen atoms in total. The number of aromatic nitrogens is 1. The van der Waals surface area contributed by atoms with Crippen LogP contribution in [-0.2, 0) is 11.3 Å². The van der Waals surface area contributed by atoms with Crippen LogP contribution in [0.4, 0.5) is 0 Å². The average molecular weight is 250 g/mol. The third kappa shape index (κ3) is 3.20. The highest BCUT2D eigenvalue weighted by atomic mass is 16.5. The summed E-state index contributed by atoms with van der Waals surface area (Å²) >= 11 is 0. The summed E-state index contributed by atoms with van der Waals surface area (Å²) in [4.78, 5) is 17.5. The molecule has 1 aliphatic heterocycles. The van der Waals surface area contributed by atoms with Crippen LogP contribution in [0.3, 0.4) is 0 Å². The molecule has 0 bridgehead atoms. The van der Waals surface area contributed by atoms with Crippen LogP contribution < -0.4 is 4.74 Å². The molecule has 0 spiro atoms. The van der Waals surface area contributed by atoms with Crippen molar-refractivity contribution in [2.45, 2.75) is 19.4 Å². The molecular formula is C13H18N2O3. The Morgan fingerprint density at radius 2 is 2.22 bits per heavy atom. The predicted octanol–water partition coefficient (Wildman–Crippen LogP) is 1.39. The molecule has 2 rings (SSSR count). The Kier molecular flexibility index (Phi) is 4.15. The second-order valence-corrected chi connectivity index (χ2v) is 4.56. The van der Waals surface area contributed by atoms with E-state index in [9.17, 15) is 4.79 Å². The number of hydrogen-bond donors (Lipinski definition) is 1. The van der Waals surface area contributed by atoms with Gasteiger partial charge in [-0.3, -0.25) is 9.69 Å². The third-order valence-electron chi connectivity index (χ3n) is 3.31. The van der Waals surface area contributed by atoms with Crippen molar-refractivity contribution in [2.75, 3.05) is 20.2 Å². The lowest BCUT2D eigenvalue weighted by Crippen LogP contribution is -2.36. The van der Waals surface area contributed by atoms with Crippen molar-refractivity contribution >= 4 is 5.97 Å². The van der Waals surface area contributed by atoms with Gasteiger partial charge in [-0.05, 0) is 32.0 Å². The highest BCUT2D eigenvalue weighted by molar-refractivity contribution is 5.70. The summed E-state index contributed by atoms with van der Waals surface area (Å²) in [6, 6.07) is 5.71. The van der Waals surface area contributed by atoms with Crippen molar-refractivity contribution in [3.63, 3.8) is 0 Å². The molecule has 1 fully saturated rings. The lowest BCUT2D eigenvalue weighted by atomic mass is 9.97. The van der Waals surface area contributed by atoms with Crippen LogP contribution in [-0.4, -0.2) is 41.2 Å². The molecule has 0 unspecified atom stereocenters. The van der Waals surface area contributed by atoms with Crippen molar-refractivity contribution in [1.82, 2.24) is 9.88 Å². The minimum atomic E-state index is -0.672. The van der Waals surface area contributed by atoms with E-state index in [0.717, 1.165) is 38.2 Å². The molecule has 0 aromatic carbocycles. The number of aliphatic carboxylic acids is 1. The van der Waals surface area contributed by atoms with Gasteiger partial charge in [-0.1, -0.05) is 6.07 Å². The maximum atomic E-state index is 10.9. The van der Waals surface area contributed by atoms with Gasteiger partial charge in [0.1, 0.15) is 0 Å². The first-order valence-electron chi connectivity index (χ1n) is 6.14. The van der Waals surface area contributed by atoms with Crippen molar-refractivity contribution < 1.29 is 14.6 Å². The van der Waals surface area contributed by atoms with Crippen molar-refractivity contribution in [3.8, 4) is 5.88 Å². The Morgan fingerprint density at radius 3 is 2.83 bits per heavy atom. The zero-order chi connectivity index (χ0) is 13.0. The number of piperidine rings is 1. The van der Waals surface area contributed by atoms with Gasteiger partial charge < -0.3 is 9.84 Å². The summed E-state index contributed by atoms with van der Waals surface area (Å²) in [5.41, 5.74) is 0.961. The number of nitrogens with zero attached hydrogens (tertiary/aromatic N) is 2. The second-order valence-electron chi connectivity index (χ2n) is 4.56. The van der Waals surface area contributed by atoms with Gasteiger partial charge in [0.2, 0.25) is 5.88 Å². The van der Waals surface area contributed by atoms with Gasteiger partial charge >= 0.3 is 5.97 Å². The number of ether oxygens (including phenoxy) is 1. The number of carboxylic acids is 1. The Morgan fingerprint density at radius 1 is 1.50 bits per heavy atom. The van der Waals surface area contributed by atoms with E-state index >= 15 is 0 Å². The molecule has 18 heavy (non-hydrogen) atoms. The van der Waals surface area contributed by atoms with Crippen LogP contribution in [0.25, 0.3) is 0 Å². The van der Waals surface area contributed by atoms with E-state index in [1.807, 2.05) is 18.2 Å². The molecule has 1 N–H and O–H groups in total. The van der Waals surface area contributed by atoms with Crippen LogP contribution in [0.2, 0.25) is 0 Å². The van der Waals surface area contributed by atoms with Crippen LogP contribution in [0.5, 0.6) is 5.88 Å². The van der Waals surface area contributed by atoms with E-state index < -0.39 is 5.97 Å². The molecule has 98 valence electrons. The van der Waals surface area contributed by atoms with Crippen molar-refractivity contribution in [1.29, 1.82) is 0 Å². The van der Waals surface area contributed by atoms with E-state index in [-0.39, 0.29) is 5.92 Å². The van der Waals surface area contributed by atoms with Gasteiger partial charge in [0.25, 0.3) is 0 Å². The molecule has 5 heteroatoms. The van der Waals surface area contributed by atoms with Crippen molar-refractivity contribution in [2.24, 2.45) is 5.92 Å². The number of likely N-dealkylation sites (tertiary alicyclic amines) is 1. The molecule has 0 amide bonds. The molecule has 2 heterocycles. The smallest absolute Gasteiger partial charge is 0.306 e. The van der Waals surface area contributed by atoms with E-state index in [1.165, 1.54) is 0 Å². The Bertz CT molecular complexity index is 414. The van der Waals surface area contributed by atoms with E-state index in [0.29, 0.717) is 5.88 Å². The molecule has 0 atom stereocenters. The molecule has 1 aliphatic rings. The average Bonchev–Trinajstić information content (AvgIpc) is 2.39. The van der Waals surface area contributed by atoms with Crippen molar-refractivity contribution in [3.05, 3.63) is 23.9 Å². The maximum Gasteiger partial charge on any atom is 0.306 e. The standard InChI is InChI=1S/C13H18N2O3/c1-18-12-4-2-3-11(14-12)9-15-7-5-10(6-8-15)13(16)17/h2-4,10H,5-9H2,1H3,(H,16,17). The summed E-state index contributed by atoms with van der Waals surface area (Å²) < 4.78 is 5.09. The minimum Gasteiger partial charge on any atom is -0.481 e. The first-order chi connectivity index (χ1) is 8.69. The number of carboxylic acid groups (broad SMARTS) is 1. The molecule has 1 aromatic rings. The number of rotatable bonds is 4. The van der Waals surface area contributed by atoms with E-state index in [1.54, 1.807) is 7.11 Å². The topological polar surface area (TPSA) is 62.7 Å². The van der Waals surface area contributed by atoms with Gasteiger partial charge in [0, 0.05) is 12.6 Å². The van der Waals surface area contributed by atoms with Crippen LogP contribution in [0.15, 0.2) is 18.2 Å². The molecule has 1 aromatic heterocycles. The van der Waals surface area contributed by atoms with Gasteiger partial charge in [0.15, 0.2) is 0 Å². The molecule has 1 saturated heterocycles. The normalized spacial score (nSPS) is 17.6. The van der Waals surface area contributed by atoms with Crippen LogP contribution in [0, 0.1) is 5.92 Å². The fourth-order valence-electron chi connectivity index (χ4n) is 2.23. The summed E-state index contributed by atoms with van der Waals surface area (Å²) in [6.45, 7) is 2.38. The van der Waals surface area contributed by atoms with Gasteiger partial charge in [-0.25, -0.2) is 4.98 Å². The highest BCUT2D eigenvalue weighted by Crippen LogP contribution is 2.19. The zero-order valence-electron chi connectivity index (χ0n) is 10.5. The SMILES string of the molecule is COc1cccc(CN2CCC(C(=O)O)CC2)n1. The Labute approximate surface area is 106 Å². The highest BCUT2D eigenvalue weighted by Gasteiger charge is 2.24. The lowest BCUT2D eigenvalue weighted by molar-refractivity contribution is -0.143. The molecule has 0 aliphatic carbocycles. The summed E-state index contributed by atoms with van der Waals surface area (Å²) in [6.07, 6.45) is 1.44. The second kappa shape index (κ2) is 5.82. The monoisotopic (exact) mass is 250 g/mol. The van der Waals surface area contributed by atoms with Gasteiger partial charge in [0.05, 0.1) is 18.7 Å². The maximum absolute atomic E-state index is 10.9. The summed E-state index contributed by atoms with van der Waals surface area (Å²) in [7, 11) is 1.60. The lowest BCUT2D eigenvalue weighted by Gasteiger charge is -2.29. The first kappa shape index (κ1) is 12.8. The van der Waals surface area contributed by atoms with Gasteiger partial charge in [-0.2, -0.15) is 0 Å². The number of carbonyl (C=O) groups is 1. The Balaban J connectivity index is 1.89. The molecular weight excluding hydrogens is 232 g/mol. The fraction of sp³-hybridized carbons (Fsp3) is 0.538. The zero-order valence-corrected chi connectivity index (χ0v) is 10.5. The van der Waals surface area contributed by atoms with E-state index in [4.69, 9.17) is 9.84 Å². The predicted molar refractivity (Wildman–Crippen MR) is 66.4 cm³/mol. The van der Waals surface area contributed by atoms with E-state index in [2.05, 4.69) is 9.88 Å². The summed E-state index contributed by atoms with van der Waals surface area (Å²) in [5.74, 6) is -0.235. The number of pyridine rings is 1. The molecule has 0 radical (unpaired) electrons. The quantitative estimate of drug-likeness (QED) is 0.874. The van der Waals surface area contributed by atoms with Gasteiger partial charge in [-0.15, -0.1) is 0 Å². The first-order valence-corrected chi connectivity index (χ1v) is 6.14. The van der Waals surface area contributed by atoms with Crippen LogP contribution >= 0.6 is 0 Å². The Hall–Kier alpha value is -1.62. The number of methoxy groups -OCH3 is 1. The minimum absolute atomic E-state index is 0.181. The van der Waals surface area contributed by atoms with Crippen LogP contribution in [0.1, 0.15) is 18.5 Å². The fourth-order valence-corrected chi connectivity index (χ4v) is 2.23. The number of hydrogen-bond acceptors (Lipinski definition) is 4. The third-order valence-corrected chi connectivity index (χ3v) is 3.31.